The van der Waals surface area contributed by atoms with E-state index in [1.54, 1.807) is 40.6 Å². The van der Waals surface area contributed by atoms with Crippen molar-refractivity contribution in [1.82, 2.24) is 14.8 Å². The molecule has 0 spiro atoms. The number of nitrogens with zero attached hydrogens (tertiary/aromatic N) is 3. The molecule has 5 nitrogen and oxygen atoms in total. The summed E-state index contributed by atoms with van der Waals surface area (Å²) in [6.45, 7) is 1.54. The predicted molar refractivity (Wildman–Crippen MR) is 94.4 cm³/mol. The minimum absolute atomic E-state index is 0.185. The summed E-state index contributed by atoms with van der Waals surface area (Å²) in [7, 11) is 1.86. The summed E-state index contributed by atoms with van der Waals surface area (Å²) in [6, 6.07) is 6.43. The number of likely N-dealkylation sites (N-methyl/N-ethyl adjacent to an activating group) is 1. The Labute approximate surface area is 150 Å². The summed E-state index contributed by atoms with van der Waals surface area (Å²) in [6.07, 6.45) is 2.86. The molecule has 1 aromatic heterocycles. The molecule has 1 N–H and O–H groups in total. The van der Waals surface area contributed by atoms with Crippen molar-refractivity contribution in [2.45, 2.75) is 31.5 Å². The number of benzene rings is 1. The van der Waals surface area contributed by atoms with Crippen molar-refractivity contribution < 1.29 is 14.3 Å². The Balaban J connectivity index is 1.66. The normalized spacial score (nSPS) is 21.1. The first-order chi connectivity index (χ1) is 12.0. The highest BCUT2D eigenvalue weighted by molar-refractivity contribution is 7.09. The maximum atomic E-state index is 13.9. The average molecular weight is 363 g/mol. The lowest BCUT2D eigenvalue weighted by Gasteiger charge is -2.40. The van der Waals surface area contributed by atoms with Gasteiger partial charge in [-0.25, -0.2) is 9.37 Å². The molecule has 2 aromatic rings. The molecule has 0 bridgehead atoms. The van der Waals surface area contributed by atoms with E-state index in [0.717, 1.165) is 5.01 Å². The number of carbonyl (C=O) groups excluding carboxylic acids is 1. The predicted octanol–water partition coefficient (Wildman–Crippen LogP) is 2.27. The first-order valence-electron chi connectivity index (χ1n) is 8.30. The van der Waals surface area contributed by atoms with E-state index < -0.39 is 5.60 Å². The summed E-state index contributed by atoms with van der Waals surface area (Å²) in [5.74, 6) is -0.654. The highest BCUT2D eigenvalue weighted by atomic mass is 32.1. The van der Waals surface area contributed by atoms with Crippen molar-refractivity contribution in [2.24, 2.45) is 0 Å². The lowest BCUT2D eigenvalue weighted by molar-refractivity contribution is -0.160. The van der Waals surface area contributed by atoms with Crippen molar-refractivity contribution in [3.05, 3.63) is 52.2 Å². The van der Waals surface area contributed by atoms with Crippen LogP contribution in [0.2, 0.25) is 0 Å². The Hall–Kier alpha value is -1.83. The summed E-state index contributed by atoms with van der Waals surface area (Å²) in [4.78, 5) is 20.5. The van der Waals surface area contributed by atoms with Gasteiger partial charge in [-0.1, -0.05) is 18.2 Å². The lowest BCUT2D eigenvalue weighted by Crippen LogP contribution is -2.57. The fourth-order valence-electron chi connectivity index (χ4n) is 3.26. The van der Waals surface area contributed by atoms with Gasteiger partial charge in [-0.2, -0.15) is 0 Å². The third-order valence-electron chi connectivity index (χ3n) is 4.44. The second kappa shape index (κ2) is 7.59. The molecule has 1 aromatic carbocycles. The second-order valence-electron chi connectivity index (χ2n) is 6.55. The number of likely N-dealkylation sites (tertiary alicyclic amines) is 1. The van der Waals surface area contributed by atoms with Gasteiger partial charge in [0.25, 0.3) is 5.91 Å². The Morgan fingerprint density at radius 3 is 2.96 bits per heavy atom. The first kappa shape index (κ1) is 18.0. The first-order valence-corrected chi connectivity index (χ1v) is 9.18. The summed E-state index contributed by atoms with van der Waals surface area (Å²) >= 11 is 1.55. The molecule has 134 valence electrons. The van der Waals surface area contributed by atoms with Gasteiger partial charge in [0, 0.05) is 36.8 Å². The van der Waals surface area contributed by atoms with Gasteiger partial charge in [-0.15, -0.1) is 11.3 Å². The number of amides is 1. The van der Waals surface area contributed by atoms with Crippen molar-refractivity contribution in [3.63, 3.8) is 0 Å². The fraction of sp³-hybridized carbons (Fsp3) is 0.444. The molecule has 1 saturated heterocycles. The smallest absolute Gasteiger partial charge is 0.256 e. The molecular formula is C18H22FN3O2S. The van der Waals surface area contributed by atoms with Crippen molar-refractivity contribution in [3.8, 4) is 0 Å². The van der Waals surface area contributed by atoms with Crippen LogP contribution in [0, 0.1) is 5.82 Å². The van der Waals surface area contributed by atoms with Crippen LogP contribution in [0.4, 0.5) is 4.39 Å². The minimum atomic E-state index is -1.44. The molecular weight excluding hydrogens is 341 g/mol. The lowest BCUT2D eigenvalue weighted by atomic mass is 9.91. The van der Waals surface area contributed by atoms with E-state index >= 15 is 0 Å². The van der Waals surface area contributed by atoms with Gasteiger partial charge in [-0.05, 0) is 26.0 Å². The van der Waals surface area contributed by atoms with Crippen molar-refractivity contribution in [2.75, 3.05) is 20.1 Å². The molecule has 3 rings (SSSR count). The Bertz CT molecular complexity index is 725. The topological polar surface area (TPSA) is 56.7 Å². The van der Waals surface area contributed by atoms with Crippen LogP contribution in [0.3, 0.4) is 0 Å². The number of aromatic nitrogens is 1. The number of thiazole rings is 1. The number of piperidine rings is 1. The molecule has 0 radical (unpaired) electrons. The quantitative estimate of drug-likeness (QED) is 0.855. The largest absolute Gasteiger partial charge is 0.379 e. The number of hydrogen-bond acceptors (Lipinski definition) is 5. The third-order valence-corrected chi connectivity index (χ3v) is 5.21. The molecule has 1 aliphatic heterocycles. The van der Waals surface area contributed by atoms with E-state index in [1.807, 2.05) is 17.3 Å². The maximum absolute atomic E-state index is 13.9. The molecule has 1 amide bonds. The van der Waals surface area contributed by atoms with Crippen LogP contribution in [-0.4, -0.2) is 51.5 Å². The zero-order chi connectivity index (χ0) is 17.9. The van der Waals surface area contributed by atoms with E-state index in [4.69, 9.17) is 0 Å². The molecule has 0 saturated carbocycles. The molecule has 25 heavy (non-hydrogen) atoms. The van der Waals surface area contributed by atoms with E-state index in [9.17, 15) is 14.3 Å². The van der Waals surface area contributed by atoms with Gasteiger partial charge in [0.15, 0.2) is 5.60 Å². The van der Waals surface area contributed by atoms with Crippen LogP contribution in [-0.2, 0) is 17.9 Å². The van der Waals surface area contributed by atoms with Crippen LogP contribution in [0.25, 0.3) is 0 Å². The van der Waals surface area contributed by atoms with Gasteiger partial charge in [0.2, 0.25) is 0 Å². The van der Waals surface area contributed by atoms with Gasteiger partial charge in [-0.3, -0.25) is 9.69 Å². The van der Waals surface area contributed by atoms with Gasteiger partial charge in [0.1, 0.15) is 10.8 Å². The Kier molecular flexibility index (Phi) is 5.46. The number of rotatable bonds is 6. The number of hydrogen-bond donors (Lipinski definition) is 1. The molecule has 0 aliphatic carbocycles. The van der Waals surface area contributed by atoms with E-state index in [2.05, 4.69) is 4.98 Å². The molecule has 1 atom stereocenters. The van der Waals surface area contributed by atoms with Crippen molar-refractivity contribution in [1.29, 1.82) is 0 Å². The third kappa shape index (κ3) is 4.23. The van der Waals surface area contributed by atoms with Crippen molar-refractivity contribution >= 4 is 17.2 Å². The zero-order valence-electron chi connectivity index (χ0n) is 14.2. The Morgan fingerprint density at radius 2 is 2.24 bits per heavy atom. The fourth-order valence-corrected chi connectivity index (χ4v) is 3.95. The number of aliphatic hydroxyl groups is 1. The van der Waals surface area contributed by atoms with E-state index in [0.29, 0.717) is 31.5 Å². The van der Waals surface area contributed by atoms with Gasteiger partial charge in [0.05, 0.1) is 6.54 Å². The summed E-state index contributed by atoms with van der Waals surface area (Å²) in [5.41, 5.74) is -0.966. The van der Waals surface area contributed by atoms with Crippen LogP contribution in [0.5, 0.6) is 0 Å². The van der Waals surface area contributed by atoms with E-state index in [1.165, 1.54) is 6.07 Å². The molecule has 7 heteroatoms. The number of halogens is 1. The molecule has 0 unspecified atom stereocenters. The zero-order valence-corrected chi connectivity index (χ0v) is 15.0. The van der Waals surface area contributed by atoms with E-state index in [-0.39, 0.29) is 24.8 Å². The maximum Gasteiger partial charge on any atom is 0.256 e. The second-order valence-corrected chi connectivity index (χ2v) is 7.53. The van der Waals surface area contributed by atoms with Crippen LogP contribution in [0.1, 0.15) is 23.4 Å². The minimum Gasteiger partial charge on any atom is -0.379 e. The number of carbonyl (C=O) groups is 1. The highest BCUT2D eigenvalue weighted by Gasteiger charge is 2.43. The van der Waals surface area contributed by atoms with Crippen LogP contribution < -0.4 is 0 Å². The standard InChI is InChI=1S/C18H22FN3O2S/c1-21(12-16-20-8-10-25-16)13-18(24)7-4-9-22(17(18)23)11-14-5-2-3-6-15(14)19/h2-3,5-6,8,10,24H,4,7,9,11-13H2,1H3/t18-/m0/s1. The van der Waals surface area contributed by atoms with Crippen LogP contribution >= 0.6 is 11.3 Å². The summed E-state index contributed by atoms with van der Waals surface area (Å²) in [5, 5.41) is 13.8. The molecule has 1 fully saturated rings. The summed E-state index contributed by atoms with van der Waals surface area (Å²) < 4.78 is 13.9. The Morgan fingerprint density at radius 1 is 1.44 bits per heavy atom. The highest BCUT2D eigenvalue weighted by Crippen LogP contribution is 2.26. The molecule has 1 aliphatic rings. The van der Waals surface area contributed by atoms with Gasteiger partial charge < -0.3 is 10.0 Å². The average Bonchev–Trinajstić information content (AvgIpc) is 3.06. The molecule has 2 heterocycles. The van der Waals surface area contributed by atoms with Crippen LogP contribution in [0.15, 0.2) is 35.8 Å². The SMILES string of the molecule is CN(Cc1nccs1)C[C@@]1(O)CCCN(Cc2ccccc2F)C1=O. The monoisotopic (exact) mass is 363 g/mol. The van der Waals surface area contributed by atoms with Gasteiger partial charge >= 0.3 is 0 Å².